The minimum atomic E-state index is -0.170. The Balaban J connectivity index is 1.54. The maximum absolute atomic E-state index is 12.5. The number of hydrogen-bond donors (Lipinski definition) is 1. The summed E-state index contributed by atoms with van der Waals surface area (Å²) in [5.41, 5.74) is 0.921. The molecule has 0 aliphatic carbocycles. The Morgan fingerprint density at radius 1 is 1.25 bits per heavy atom. The second-order valence-corrected chi connectivity index (χ2v) is 5.83. The number of benzene rings is 1. The van der Waals surface area contributed by atoms with Gasteiger partial charge in [-0.2, -0.15) is 4.98 Å². The number of amides is 2. The van der Waals surface area contributed by atoms with Crippen LogP contribution in [0, 0.1) is 0 Å². The zero-order valence-electron chi connectivity index (χ0n) is 13.4. The lowest BCUT2D eigenvalue weighted by atomic mass is 10.0. The average molecular weight is 328 g/mol. The lowest BCUT2D eigenvalue weighted by Gasteiger charge is -2.33. The van der Waals surface area contributed by atoms with Gasteiger partial charge < -0.3 is 14.7 Å². The first-order valence-electron chi connectivity index (χ1n) is 8.10. The van der Waals surface area contributed by atoms with Crippen molar-refractivity contribution in [1.29, 1.82) is 0 Å². The minimum Gasteiger partial charge on any atom is -0.347 e. The highest BCUT2D eigenvalue weighted by Gasteiger charge is 2.30. The summed E-state index contributed by atoms with van der Waals surface area (Å²) in [7, 11) is 0. The third-order valence-electron chi connectivity index (χ3n) is 4.14. The van der Waals surface area contributed by atoms with E-state index in [2.05, 4.69) is 15.5 Å². The van der Waals surface area contributed by atoms with Crippen molar-refractivity contribution in [1.82, 2.24) is 20.4 Å². The van der Waals surface area contributed by atoms with Crippen LogP contribution in [0.2, 0.25) is 0 Å². The Bertz CT molecular complexity index is 672. The summed E-state index contributed by atoms with van der Waals surface area (Å²) in [6.45, 7) is 0.632. The summed E-state index contributed by atoms with van der Waals surface area (Å²) < 4.78 is 4.79. The number of carbonyl (C=O) groups is 2. The second-order valence-electron chi connectivity index (χ2n) is 5.83. The summed E-state index contributed by atoms with van der Waals surface area (Å²) in [4.78, 5) is 30.3. The maximum Gasteiger partial charge on any atom is 0.242 e. The van der Waals surface area contributed by atoms with E-state index in [-0.39, 0.29) is 30.8 Å². The van der Waals surface area contributed by atoms with E-state index >= 15 is 0 Å². The van der Waals surface area contributed by atoms with Gasteiger partial charge in [0.2, 0.25) is 18.2 Å². The monoisotopic (exact) mass is 328 g/mol. The molecule has 24 heavy (non-hydrogen) atoms. The molecule has 7 nitrogen and oxygen atoms in total. The number of aromatic nitrogens is 2. The zero-order valence-corrected chi connectivity index (χ0v) is 13.4. The van der Waals surface area contributed by atoms with Gasteiger partial charge in [0.1, 0.15) is 0 Å². The molecular weight excluding hydrogens is 308 g/mol. The molecule has 3 rings (SSSR count). The number of rotatable bonds is 5. The lowest BCUT2D eigenvalue weighted by Crippen LogP contribution is -2.44. The topological polar surface area (TPSA) is 88.3 Å². The van der Waals surface area contributed by atoms with E-state index < -0.39 is 0 Å². The number of hydrogen-bond acceptors (Lipinski definition) is 5. The molecular formula is C17H20N4O3. The van der Waals surface area contributed by atoms with Gasteiger partial charge in [-0.05, 0) is 24.8 Å². The summed E-state index contributed by atoms with van der Waals surface area (Å²) in [5.74, 6) is 0.243. The predicted molar refractivity (Wildman–Crippen MR) is 85.8 cm³/mol. The van der Waals surface area contributed by atoms with Gasteiger partial charge in [-0.3, -0.25) is 9.59 Å². The van der Waals surface area contributed by atoms with Crippen molar-refractivity contribution < 1.29 is 14.1 Å². The van der Waals surface area contributed by atoms with Crippen LogP contribution in [0.4, 0.5) is 0 Å². The zero-order chi connectivity index (χ0) is 16.8. The molecule has 7 heteroatoms. The molecule has 1 aliphatic heterocycles. The summed E-state index contributed by atoms with van der Waals surface area (Å²) in [5, 5.41) is 6.56. The van der Waals surface area contributed by atoms with Crippen molar-refractivity contribution in [3.8, 4) is 0 Å². The molecule has 1 aromatic heterocycles. The van der Waals surface area contributed by atoms with E-state index in [0.717, 1.165) is 24.8 Å². The molecule has 1 N–H and O–H groups in total. The van der Waals surface area contributed by atoms with E-state index in [4.69, 9.17) is 4.52 Å². The SMILES string of the molecule is O=C(Cc1ccccc1)NCC(=O)N1CCCCC1c1ncon1. The van der Waals surface area contributed by atoms with E-state index in [1.165, 1.54) is 6.39 Å². The van der Waals surface area contributed by atoms with Crippen molar-refractivity contribution in [2.24, 2.45) is 0 Å². The number of nitrogens with one attached hydrogen (secondary N) is 1. The van der Waals surface area contributed by atoms with Crippen LogP contribution in [-0.4, -0.2) is 39.9 Å². The Kier molecular flexibility index (Phi) is 5.20. The molecule has 1 aromatic carbocycles. The molecule has 1 atom stereocenters. The Morgan fingerprint density at radius 3 is 2.83 bits per heavy atom. The van der Waals surface area contributed by atoms with Crippen molar-refractivity contribution in [3.63, 3.8) is 0 Å². The van der Waals surface area contributed by atoms with Crippen LogP contribution in [0.3, 0.4) is 0 Å². The fourth-order valence-corrected chi connectivity index (χ4v) is 2.94. The number of nitrogens with zero attached hydrogens (tertiary/aromatic N) is 3. The smallest absolute Gasteiger partial charge is 0.242 e. The van der Waals surface area contributed by atoms with Gasteiger partial charge in [-0.25, -0.2) is 0 Å². The third kappa shape index (κ3) is 3.98. The highest BCUT2D eigenvalue weighted by atomic mass is 16.5. The standard InChI is InChI=1S/C17H20N4O3/c22-15(10-13-6-2-1-3-7-13)18-11-16(23)21-9-5-4-8-14(21)17-19-12-24-20-17/h1-3,6-7,12,14H,4-5,8-11H2,(H,18,22). The van der Waals surface area contributed by atoms with Crippen LogP contribution in [0.1, 0.15) is 36.7 Å². The van der Waals surface area contributed by atoms with Gasteiger partial charge in [0.15, 0.2) is 5.82 Å². The number of piperidine rings is 1. The number of likely N-dealkylation sites (tertiary alicyclic amines) is 1. The van der Waals surface area contributed by atoms with Crippen molar-refractivity contribution in [2.75, 3.05) is 13.1 Å². The second kappa shape index (κ2) is 7.72. The van der Waals surface area contributed by atoms with E-state index in [1.807, 2.05) is 30.3 Å². The van der Waals surface area contributed by atoms with Crippen molar-refractivity contribution >= 4 is 11.8 Å². The molecule has 0 spiro atoms. The van der Waals surface area contributed by atoms with Gasteiger partial charge in [-0.1, -0.05) is 35.5 Å². The molecule has 1 unspecified atom stereocenters. The lowest BCUT2D eigenvalue weighted by molar-refractivity contribution is -0.136. The van der Waals surface area contributed by atoms with Crippen molar-refractivity contribution in [2.45, 2.75) is 31.7 Å². The molecule has 0 saturated carbocycles. The Morgan fingerprint density at radius 2 is 2.08 bits per heavy atom. The highest BCUT2D eigenvalue weighted by molar-refractivity contribution is 5.86. The minimum absolute atomic E-state index is 0.0139. The fraction of sp³-hybridized carbons (Fsp3) is 0.412. The fourth-order valence-electron chi connectivity index (χ4n) is 2.94. The first-order chi connectivity index (χ1) is 11.7. The van der Waals surface area contributed by atoms with Gasteiger partial charge in [0, 0.05) is 6.54 Å². The first kappa shape index (κ1) is 16.2. The summed E-state index contributed by atoms with van der Waals surface area (Å²) in [6, 6.07) is 9.28. The Hall–Kier alpha value is -2.70. The van der Waals surface area contributed by atoms with Gasteiger partial charge in [0.05, 0.1) is 19.0 Å². The highest BCUT2D eigenvalue weighted by Crippen LogP contribution is 2.28. The van der Waals surface area contributed by atoms with E-state index in [9.17, 15) is 9.59 Å². The van der Waals surface area contributed by atoms with Gasteiger partial charge in [-0.15, -0.1) is 0 Å². The molecule has 126 valence electrons. The predicted octanol–water partition coefficient (Wildman–Crippen LogP) is 1.48. The van der Waals surface area contributed by atoms with Crippen LogP contribution in [0.25, 0.3) is 0 Å². The molecule has 2 aromatic rings. The van der Waals surface area contributed by atoms with Gasteiger partial charge in [0.25, 0.3) is 0 Å². The van der Waals surface area contributed by atoms with Crippen LogP contribution in [0.5, 0.6) is 0 Å². The van der Waals surface area contributed by atoms with Crippen LogP contribution in [0.15, 0.2) is 41.2 Å². The Labute approximate surface area is 140 Å². The van der Waals surface area contributed by atoms with Crippen LogP contribution < -0.4 is 5.32 Å². The molecule has 2 heterocycles. The summed E-state index contributed by atoms with van der Waals surface area (Å²) >= 11 is 0. The van der Waals surface area contributed by atoms with E-state index in [1.54, 1.807) is 4.90 Å². The van der Waals surface area contributed by atoms with E-state index in [0.29, 0.717) is 12.4 Å². The average Bonchev–Trinajstić information content (AvgIpc) is 3.15. The van der Waals surface area contributed by atoms with Crippen LogP contribution in [-0.2, 0) is 16.0 Å². The van der Waals surface area contributed by atoms with Crippen molar-refractivity contribution in [3.05, 3.63) is 48.1 Å². The first-order valence-corrected chi connectivity index (χ1v) is 8.10. The summed E-state index contributed by atoms with van der Waals surface area (Å²) in [6.07, 6.45) is 4.31. The van der Waals surface area contributed by atoms with Gasteiger partial charge >= 0.3 is 0 Å². The third-order valence-corrected chi connectivity index (χ3v) is 4.14. The molecule has 1 saturated heterocycles. The molecule has 1 fully saturated rings. The molecule has 2 amide bonds. The van der Waals surface area contributed by atoms with Crippen LogP contribution >= 0.6 is 0 Å². The molecule has 0 radical (unpaired) electrons. The largest absolute Gasteiger partial charge is 0.347 e. The normalized spacial score (nSPS) is 17.5. The number of carbonyl (C=O) groups excluding carboxylic acids is 2. The molecule has 0 bridgehead atoms. The molecule has 1 aliphatic rings. The quantitative estimate of drug-likeness (QED) is 0.898. The maximum atomic E-state index is 12.5.